The predicted octanol–water partition coefficient (Wildman–Crippen LogP) is 6.43. The van der Waals surface area contributed by atoms with Gasteiger partial charge < -0.3 is 4.57 Å². The van der Waals surface area contributed by atoms with Crippen molar-refractivity contribution >= 4 is 21.7 Å². The van der Waals surface area contributed by atoms with E-state index in [1.54, 1.807) is 0 Å². The van der Waals surface area contributed by atoms with Gasteiger partial charge in [-0.1, -0.05) is 61.5 Å². The molecule has 0 fully saturated rings. The summed E-state index contributed by atoms with van der Waals surface area (Å²) in [4.78, 5) is 0. The maximum atomic E-state index is 2.49. The quantitative estimate of drug-likeness (QED) is 0.410. The van der Waals surface area contributed by atoms with Crippen molar-refractivity contribution in [2.45, 2.75) is 26.3 Å². The monoisotopic (exact) mass is 299 g/mol. The third kappa shape index (κ3) is 2.33. The standard InChI is InChI=1S/C22H21N/c1-3-16(2)23-21-11-7-6-10-19(21)15-22(23)20-13-12-17-8-4-5-9-18(17)14-20/h4-16H,3H2,1-2H3. The topological polar surface area (TPSA) is 4.93 Å². The lowest BCUT2D eigenvalue weighted by atomic mass is 10.0. The first-order chi connectivity index (χ1) is 11.3. The molecule has 1 heterocycles. The summed E-state index contributed by atoms with van der Waals surface area (Å²) in [7, 11) is 0. The van der Waals surface area contributed by atoms with E-state index in [1.165, 1.54) is 32.9 Å². The number of fused-ring (bicyclic) bond motifs is 2. The molecule has 1 atom stereocenters. The average Bonchev–Trinajstić information content (AvgIpc) is 3.00. The van der Waals surface area contributed by atoms with Crippen molar-refractivity contribution in [3.05, 3.63) is 72.8 Å². The zero-order valence-electron chi connectivity index (χ0n) is 13.7. The van der Waals surface area contributed by atoms with Crippen LogP contribution >= 0.6 is 0 Å². The number of aromatic nitrogens is 1. The summed E-state index contributed by atoms with van der Waals surface area (Å²) in [6, 6.07) is 26.8. The van der Waals surface area contributed by atoms with Gasteiger partial charge in [0.15, 0.2) is 0 Å². The minimum Gasteiger partial charge on any atom is -0.338 e. The van der Waals surface area contributed by atoms with Crippen molar-refractivity contribution in [2.75, 3.05) is 0 Å². The number of benzene rings is 3. The van der Waals surface area contributed by atoms with Crippen LogP contribution < -0.4 is 0 Å². The van der Waals surface area contributed by atoms with Gasteiger partial charge >= 0.3 is 0 Å². The second kappa shape index (κ2) is 5.58. The molecule has 0 aliphatic heterocycles. The van der Waals surface area contributed by atoms with E-state index in [2.05, 4.69) is 91.2 Å². The summed E-state index contributed by atoms with van der Waals surface area (Å²) < 4.78 is 2.49. The molecule has 1 unspecified atom stereocenters. The van der Waals surface area contributed by atoms with Crippen molar-refractivity contribution in [1.29, 1.82) is 0 Å². The Morgan fingerprint density at radius 3 is 2.26 bits per heavy atom. The third-order valence-electron chi connectivity index (χ3n) is 4.82. The highest BCUT2D eigenvalue weighted by molar-refractivity contribution is 5.91. The van der Waals surface area contributed by atoms with E-state index in [-0.39, 0.29) is 0 Å². The normalized spacial score (nSPS) is 12.8. The Morgan fingerprint density at radius 2 is 1.48 bits per heavy atom. The lowest BCUT2D eigenvalue weighted by Gasteiger charge is -2.18. The van der Waals surface area contributed by atoms with Crippen molar-refractivity contribution in [3.8, 4) is 11.3 Å². The Hall–Kier alpha value is -2.54. The molecule has 0 bridgehead atoms. The zero-order valence-corrected chi connectivity index (χ0v) is 13.7. The molecule has 0 radical (unpaired) electrons. The molecule has 23 heavy (non-hydrogen) atoms. The van der Waals surface area contributed by atoms with Gasteiger partial charge in [0.1, 0.15) is 0 Å². The molecule has 4 rings (SSSR count). The summed E-state index contributed by atoms with van der Waals surface area (Å²) in [5, 5.41) is 3.91. The number of hydrogen-bond donors (Lipinski definition) is 0. The summed E-state index contributed by atoms with van der Waals surface area (Å²) in [6.07, 6.45) is 1.12. The zero-order chi connectivity index (χ0) is 15.8. The molecule has 0 spiro atoms. The summed E-state index contributed by atoms with van der Waals surface area (Å²) in [5.74, 6) is 0. The number of hydrogen-bond acceptors (Lipinski definition) is 0. The van der Waals surface area contributed by atoms with Gasteiger partial charge in [0.2, 0.25) is 0 Å². The predicted molar refractivity (Wildman–Crippen MR) is 99.9 cm³/mol. The van der Waals surface area contributed by atoms with Crippen LogP contribution in [0.25, 0.3) is 32.9 Å². The maximum absolute atomic E-state index is 2.49. The number of nitrogens with zero attached hydrogens (tertiary/aromatic N) is 1. The lowest BCUT2D eigenvalue weighted by Crippen LogP contribution is -2.05. The fourth-order valence-corrected chi connectivity index (χ4v) is 3.40. The van der Waals surface area contributed by atoms with E-state index in [4.69, 9.17) is 0 Å². The molecule has 0 aliphatic carbocycles. The second-order valence-corrected chi connectivity index (χ2v) is 6.28. The Balaban J connectivity index is 1.99. The van der Waals surface area contributed by atoms with Gasteiger partial charge in [-0.25, -0.2) is 0 Å². The van der Waals surface area contributed by atoms with Crippen LogP contribution in [0.2, 0.25) is 0 Å². The first kappa shape index (κ1) is 14.1. The first-order valence-corrected chi connectivity index (χ1v) is 8.37. The van der Waals surface area contributed by atoms with E-state index in [9.17, 15) is 0 Å². The largest absolute Gasteiger partial charge is 0.338 e. The highest BCUT2D eigenvalue weighted by Gasteiger charge is 2.14. The summed E-state index contributed by atoms with van der Waals surface area (Å²) in [5.41, 5.74) is 3.93. The van der Waals surface area contributed by atoms with E-state index in [1.807, 2.05) is 0 Å². The van der Waals surface area contributed by atoms with Crippen LogP contribution in [0.15, 0.2) is 72.8 Å². The fourth-order valence-electron chi connectivity index (χ4n) is 3.40. The summed E-state index contributed by atoms with van der Waals surface area (Å²) >= 11 is 0. The van der Waals surface area contributed by atoms with Gasteiger partial charge in [0.05, 0.1) is 0 Å². The SMILES string of the molecule is CCC(C)n1c(-c2ccc3ccccc3c2)cc2ccccc21. The van der Waals surface area contributed by atoms with Gasteiger partial charge in [-0.3, -0.25) is 0 Å². The van der Waals surface area contributed by atoms with Gasteiger partial charge in [-0.15, -0.1) is 0 Å². The van der Waals surface area contributed by atoms with Gasteiger partial charge in [-0.05, 0) is 47.9 Å². The smallest absolute Gasteiger partial charge is 0.0494 e. The molecule has 0 aliphatic rings. The van der Waals surface area contributed by atoms with Gasteiger partial charge in [0.25, 0.3) is 0 Å². The molecule has 4 aromatic rings. The molecule has 3 aromatic carbocycles. The van der Waals surface area contributed by atoms with Crippen LogP contribution in [0.4, 0.5) is 0 Å². The Bertz CT molecular complexity index is 978. The summed E-state index contributed by atoms with van der Waals surface area (Å²) in [6.45, 7) is 4.56. The van der Waals surface area contributed by atoms with E-state index in [0.717, 1.165) is 6.42 Å². The number of para-hydroxylation sites is 1. The van der Waals surface area contributed by atoms with Crippen molar-refractivity contribution in [1.82, 2.24) is 4.57 Å². The minimum absolute atomic E-state index is 0.483. The van der Waals surface area contributed by atoms with Crippen LogP contribution in [0, 0.1) is 0 Å². The molecular weight excluding hydrogens is 278 g/mol. The Kier molecular flexibility index (Phi) is 3.42. The van der Waals surface area contributed by atoms with Crippen LogP contribution in [0.3, 0.4) is 0 Å². The second-order valence-electron chi connectivity index (χ2n) is 6.28. The van der Waals surface area contributed by atoms with Gasteiger partial charge in [0, 0.05) is 22.6 Å². The Morgan fingerprint density at radius 1 is 0.783 bits per heavy atom. The van der Waals surface area contributed by atoms with Crippen molar-refractivity contribution in [3.63, 3.8) is 0 Å². The molecule has 0 saturated carbocycles. The fraction of sp³-hybridized carbons (Fsp3) is 0.182. The average molecular weight is 299 g/mol. The molecule has 1 nitrogen and oxygen atoms in total. The first-order valence-electron chi connectivity index (χ1n) is 8.37. The molecule has 0 N–H and O–H groups in total. The van der Waals surface area contributed by atoms with E-state index < -0.39 is 0 Å². The van der Waals surface area contributed by atoms with Gasteiger partial charge in [-0.2, -0.15) is 0 Å². The molecule has 1 aromatic heterocycles. The molecule has 114 valence electrons. The van der Waals surface area contributed by atoms with E-state index >= 15 is 0 Å². The maximum Gasteiger partial charge on any atom is 0.0494 e. The third-order valence-corrected chi connectivity index (χ3v) is 4.82. The van der Waals surface area contributed by atoms with Crippen LogP contribution in [0.5, 0.6) is 0 Å². The highest BCUT2D eigenvalue weighted by Crippen LogP contribution is 2.33. The van der Waals surface area contributed by atoms with Crippen LogP contribution in [-0.2, 0) is 0 Å². The molecule has 0 amide bonds. The van der Waals surface area contributed by atoms with Crippen molar-refractivity contribution in [2.24, 2.45) is 0 Å². The molecular formula is C22H21N. The van der Waals surface area contributed by atoms with Crippen molar-refractivity contribution < 1.29 is 0 Å². The molecule has 0 saturated heterocycles. The number of rotatable bonds is 3. The van der Waals surface area contributed by atoms with Crippen LogP contribution in [-0.4, -0.2) is 4.57 Å². The Labute approximate surface area is 137 Å². The van der Waals surface area contributed by atoms with E-state index in [0.29, 0.717) is 6.04 Å². The highest BCUT2D eigenvalue weighted by atomic mass is 15.0. The minimum atomic E-state index is 0.483. The molecule has 1 heteroatoms. The lowest BCUT2D eigenvalue weighted by molar-refractivity contribution is 0.553. The van der Waals surface area contributed by atoms with Crippen LogP contribution in [0.1, 0.15) is 26.3 Å².